The van der Waals surface area contributed by atoms with Crippen molar-refractivity contribution in [3.63, 3.8) is 0 Å². The van der Waals surface area contributed by atoms with Crippen molar-refractivity contribution in [2.45, 2.75) is 13.5 Å². The Morgan fingerprint density at radius 3 is 2.56 bits per heavy atom. The minimum Gasteiger partial charge on any atom is -0.477 e. The predicted molar refractivity (Wildman–Crippen MR) is 92.9 cm³/mol. The standard InChI is InChI=1S/C19H17N3O3/c1-13-10-17(19(24)25)22(21-13)16-9-5-6-14(11-16)12-20-18(23)15-7-3-2-4-8-15/h2-11H,12H2,1H3,(H,20,23)(H,24,25). The van der Waals surface area contributed by atoms with Crippen LogP contribution in [0.25, 0.3) is 5.69 Å². The van der Waals surface area contributed by atoms with E-state index in [1.54, 1.807) is 25.1 Å². The fourth-order valence-corrected chi connectivity index (χ4v) is 2.52. The lowest BCUT2D eigenvalue weighted by Gasteiger charge is -2.09. The fourth-order valence-electron chi connectivity index (χ4n) is 2.52. The van der Waals surface area contributed by atoms with E-state index in [2.05, 4.69) is 10.4 Å². The summed E-state index contributed by atoms with van der Waals surface area (Å²) in [5, 5.41) is 16.4. The number of amides is 1. The molecule has 1 aromatic heterocycles. The molecule has 6 nitrogen and oxygen atoms in total. The van der Waals surface area contributed by atoms with E-state index in [0.29, 0.717) is 23.5 Å². The molecule has 0 saturated carbocycles. The summed E-state index contributed by atoms with van der Waals surface area (Å²) in [4.78, 5) is 23.5. The average Bonchev–Trinajstić information content (AvgIpc) is 3.03. The summed E-state index contributed by atoms with van der Waals surface area (Å²) in [7, 11) is 0. The average molecular weight is 335 g/mol. The molecular weight excluding hydrogens is 318 g/mol. The van der Waals surface area contributed by atoms with Gasteiger partial charge in [-0.2, -0.15) is 5.10 Å². The molecule has 2 N–H and O–H groups in total. The van der Waals surface area contributed by atoms with Crippen LogP contribution in [-0.4, -0.2) is 26.8 Å². The molecule has 3 rings (SSSR count). The van der Waals surface area contributed by atoms with Crippen LogP contribution < -0.4 is 5.32 Å². The number of aromatic nitrogens is 2. The third-order valence-corrected chi connectivity index (χ3v) is 3.69. The van der Waals surface area contributed by atoms with Crippen LogP contribution in [-0.2, 0) is 6.54 Å². The van der Waals surface area contributed by atoms with Gasteiger partial charge in [-0.25, -0.2) is 9.48 Å². The summed E-state index contributed by atoms with van der Waals surface area (Å²) in [6.07, 6.45) is 0. The SMILES string of the molecule is Cc1cc(C(=O)O)n(-c2cccc(CNC(=O)c3ccccc3)c2)n1. The number of rotatable bonds is 5. The summed E-state index contributed by atoms with van der Waals surface area (Å²) >= 11 is 0. The molecule has 0 aliphatic heterocycles. The minimum absolute atomic E-state index is 0.1000. The quantitative estimate of drug-likeness (QED) is 0.751. The molecule has 0 radical (unpaired) electrons. The number of hydrogen-bond acceptors (Lipinski definition) is 3. The van der Waals surface area contributed by atoms with Crippen molar-refractivity contribution >= 4 is 11.9 Å². The molecule has 0 spiro atoms. The minimum atomic E-state index is -1.04. The van der Waals surface area contributed by atoms with Gasteiger partial charge >= 0.3 is 5.97 Å². The van der Waals surface area contributed by atoms with Gasteiger partial charge < -0.3 is 10.4 Å². The topological polar surface area (TPSA) is 84.2 Å². The Morgan fingerprint density at radius 1 is 1.08 bits per heavy atom. The lowest BCUT2D eigenvalue weighted by Crippen LogP contribution is -2.22. The van der Waals surface area contributed by atoms with E-state index >= 15 is 0 Å². The molecule has 0 unspecified atom stereocenters. The highest BCUT2D eigenvalue weighted by Gasteiger charge is 2.14. The van der Waals surface area contributed by atoms with Crippen LogP contribution in [0.2, 0.25) is 0 Å². The van der Waals surface area contributed by atoms with Crippen LogP contribution in [0, 0.1) is 6.92 Å². The predicted octanol–water partition coefficient (Wildman–Crippen LogP) is 2.81. The maximum absolute atomic E-state index is 12.1. The van der Waals surface area contributed by atoms with E-state index in [1.165, 1.54) is 10.7 Å². The Bertz CT molecular complexity index is 917. The molecule has 126 valence electrons. The molecule has 0 aliphatic rings. The maximum atomic E-state index is 12.1. The zero-order valence-electron chi connectivity index (χ0n) is 13.6. The van der Waals surface area contributed by atoms with E-state index in [4.69, 9.17) is 0 Å². The summed E-state index contributed by atoms with van der Waals surface area (Å²) in [5.41, 5.74) is 2.81. The zero-order chi connectivity index (χ0) is 17.8. The number of carboxylic acid groups (broad SMARTS) is 1. The van der Waals surface area contributed by atoms with Crippen molar-refractivity contribution in [1.82, 2.24) is 15.1 Å². The van der Waals surface area contributed by atoms with Gasteiger partial charge in [0.1, 0.15) is 0 Å². The van der Waals surface area contributed by atoms with Gasteiger partial charge in [0.2, 0.25) is 0 Å². The van der Waals surface area contributed by atoms with Crippen LogP contribution in [0.15, 0.2) is 60.7 Å². The van der Waals surface area contributed by atoms with Crippen molar-refractivity contribution < 1.29 is 14.7 Å². The second kappa shape index (κ2) is 7.00. The summed E-state index contributed by atoms with van der Waals surface area (Å²) in [5.74, 6) is -1.20. The summed E-state index contributed by atoms with van der Waals surface area (Å²) in [6.45, 7) is 2.08. The summed E-state index contributed by atoms with van der Waals surface area (Å²) < 4.78 is 1.39. The van der Waals surface area contributed by atoms with Crippen molar-refractivity contribution in [3.8, 4) is 5.69 Å². The lowest BCUT2D eigenvalue weighted by molar-refractivity contribution is 0.0686. The van der Waals surface area contributed by atoms with Crippen molar-refractivity contribution in [2.75, 3.05) is 0 Å². The molecule has 0 aliphatic carbocycles. The number of carbonyl (C=O) groups is 2. The lowest BCUT2D eigenvalue weighted by atomic mass is 10.1. The molecule has 0 atom stereocenters. The first kappa shape index (κ1) is 16.4. The Balaban J connectivity index is 1.78. The van der Waals surface area contributed by atoms with Crippen LogP contribution in [0.5, 0.6) is 0 Å². The van der Waals surface area contributed by atoms with E-state index in [1.807, 2.05) is 36.4 Å². The number of aromatic carboxylic acids is 1. The second-order valence-corrected chi connectivity index (χ2v) is 5.61. The van der Waals surface area contributed by atoms with E-state index < -0.39 is 5.97 Å². The van der Waals surface area contributed by atoms with Gasteiger partial charge in [-0.15, -0.1) is 0 Å². The van der Waals surface area contributed by atoms with Crippen LogP contribution in [0.1, 0.15) is 32.1 Å². The number of aryl methyl sites for hydroxylation is 1. The molecule has 0 saturated heterocycles. The van der Waals surface area contributed by atoms with Crippen LogP contribution in [0.3, 0.4) is 0 Å². The fraction of sp³-hybridized carbons (Fsp3) is 0.105. The number of nitrogens with one attached hydrogen (secondary N) is 1. The molecular formula is C19H17N3O3. The molecule has 1 amide bonds. The molecule has 0 bridgehead atoms. The van der Waals surface area contributed by atoms with Crippen molar-refractivity contribution in [2.24, 2.45) is 0 Å². The van der Waals surface area contributed by atoms with Gasteiger partial charge in [0, 0.05) is 12.1 Å². The number of carboxylic acids is 1. The number of benzene rings is 2. The normalized spacial score (nSPS) is 10.4. The first-order chi connectivity index (χ1) is 12.0. The zero-order valence-corrected chi connectivity index (χ0v) is 13.6. The first-order valence-electron chi connectivity index (χ1n) is 7.77. The van der Waals surface area contributed by atoms with Gasteiger partial charge in [0.15, 0.2) is 5.69 Å². The molecule has 3 aromatic rings. The Morgan fingerprint density at radius 2 is 1.84 bits per heavy atom. The number of hydrogen-bond donors (Lipinski definition) is 2. The molecule has 25 heavy (non-hydrogen) atoms. The number of nitrogens with zero attached hydrogens (tertiary/aromatic N) is 2. The van der Waals surface area contributed by atoms with Gasteiger partial charge in [-0.05, 0) is 42.8 Å². The monoisotopic (exact) mass is 335 g/mol. The van der Waals surface area contributed by atoms with Gasteiger partial charge in [0.05, 0.1) is 11.4 Å². The van der Waals surface area contributed by atoms with E-state index in [9.17, 15) is 14.7 Å². The molecule has 0 fully saturated rings. The van der Waals surface area contributed by atoms with Gasteiger partial charge in [-0.1, -0.05) is 30.3 Å². The summed E-state index contributed by atoms with van der Waals surface area (Å²) in [6, 6.07) is 17.7. The Kier molecular flexibility index (Phi) is 4.61. The van der Waals surface area contributed by atoms with E-state index in [-0.39, 0.29) is 11.6 Å². The van der Waals surface area contributed by atoms with Crippen LogP contribution in [0.4, 0.5) is 0 Å². The van der Waals surface area contributed by atoms with Crippen molar-refractivity contribution in [1.29, 1.82) is 0 Å². The smallest absolute Gasteiger partial charge is 0.354 e. The first-order valence-corrected chi connectivity index (χ1v) is 7.77. The maximum Gasteiger partial charge on any atom is 0.354 e. The second-order valence-electron chi connectivity index (χ2n) is 5.61. The third kappa shape index (κ3) is 3.74. The van der Waals surface area contributed by atoms with Gasteiger partial charge in [-0.3, -0.25) is 4.79 Å². The number of carbonyl (C=O) groups excluding carboxylic acids is 1. The highest BCUT2D eigenvalue weighted by Crippen LogP contribution is 2.15. The third-order valence-electron chi connectivity index (χ3n) is 3.69. The highest BCUT2D eigenvalue weighted by molar-refractivity contribution is 5.94. The van der Waals surface area contributed by atoms with E-state index in [0.717, 1.165) is 5.56 Å². The van der Waals surface area contributed by atoms with Crippen molar-refractivity contribution in [3.05, 3.63) is 83.2 Å². The Labute approximate surface area is 144 Å². The molecule has 2 aromatic carbocycles. The molecule has 1 heterocycles. The highest BCUT2D eigenvalue weighted by atomic mass is 16.4. The Hall–Kier alpha value is -3.41. The largest absolute Gasteiger partial charge is 0.477 e. The van der Waals surface area contributed by atoms with Gasteiger partial charge in [0.25, 0.3) is 5.91 Å². The van der Waals surface area contributed by atoms with Crippen LogP contribution >= 0.6 is 0 Å². The molecule has 6 heteroatoms.